The van der Waals surface area contributed by atoms with E-state index in [1.165, 1.54) is 18.9 Å². The molecule has 1 amide bonds. The van der Waals surface area contributed by atoms with E-state index in [2.05, 4.69) is 0 Å². The molecule has 1 N–H and O–H groups in total. The molecule has 5 heteroatoms. The second-order valence-electron chi connectivity index (χ2n) is 4.54. The minimum Gasteiger partial charge on any atom is -0.481 e. The fourth-order valence-corrected chi connectivity index (χ4v) is 1.51. The van der Waals surface area contributed by atoms with E-state index in [0.717, 1.165) is 5.56 Å². The lowest BCUT2D eigenvalue weighted by atomic mass is 10.2. The number of benzene rings is 1. The summed E-state index contributed by atoms with van der Waals surface area (Å²) in [5.41, 5.74) is 1.10. The molecule has 0 aliphatic heterocycles. The van der Waals surface area contributed by atoms with Crippen molar-refractivity contribution >= 4 is 11.9 Å². The Labute approximate surface area is 112 Å². The van der Waals surface area contributed by atoms with Gasteiger partial charge in [0, 0.05) is 7.05 Å². The molecule has 0 saturated heterocycles. The SMILES string of the molecule is Cc1ccc(OC(C)C(=O)N(C)C(C)C(=O)O)cc1. The van der Waals surface area contributed by atoms with Crippen LogP contribution in [0, 0.1) is 6.92 Å². The van der Waals surface area contributed by atoms with Crippen LogP contribution in [0.5, 0.6) is 5.75 Å². The third-order valence-electron chi connectivity index (χ3n) is 2.97. The summed E-state index contributed by atoms with van der Waals surface area (Å²) in [6, 6.07) is 6.45. The lowest BCUT2D eigenvalue weighted by Crippen LogP contribution is -2.46. The van der Waals surface area contributed by atoms with E-state index >= 15 is 0 Å². The summed E-state index contributed by atoms with van der Waals surface area (Å²) in [6.45, 7) is 5.02. The zero-order valence-corrected chi connectivity index (χ0v) is 11.6. The molecule has 1 rings (SSSR count). The minimum atomic E-state index is -1.04. The molecule has 2 atom stereocenters. The summed E-state index contributed by atoms with van der Waals surface area (Å²) in [5.74, 6) is -0.823. The van der Waals surface area contributed by atoms with Gasteiger partial charge in [0.25, 0.3) is 5.91 Å². The number of carbonyl (C=O) groups is 2. The number of hydrogen-bond acceptors (Lipinski definition) is 3. The zero-order chi connectivity index (χ0) is 14.6. The first-order chi connectivity index (χ1) is 8.82. The van der Waals surface area contributed by atoms with Crippen molar-refractivity contribution in [2.24, 2.45) is 0 Å². The molecule has 0 spiro atoms. The van der Waals surface area contributed by atoms with Crippen molar-refractivity contribution < 1.29 is 19.4 Å². The van der Waals surface area contributed by atoms with Gasteiger partial charge in [-0.05, 0) is 32.9 Å². The first-order valence-electron chi connectivity index (χ1n) is 6.05. The Balaban J connectivity index is 2.67. The standard InChI is InChI=1S/C14H19NO4/c1-9-5-7-12(8-6-9)19-11(3)13(16)15(4)10(2)14(17)18/h5-8,10-11H,1-4H3,(H,17,18). The van der Waals surface area contributed by atoms with Crippen LogP contribution in [0.15, 0.2) is 24.3 Å². The van der Waals surface area contributed by atoms with E-state index in [1.54, 1.807) is 19.1 Å². The predicted molar refractivity (Wildman–Crippen MR) is 71.1 cm³/mol. The van der Waals surface area contributed by atoms with E-state index in [0.29, 0.717) is 5.75 Å². The summed E-state index contributed by atoms with van der Waals surface area (Å²) in [4.78, 5) is 24.0. The van der Waals surface area contributed by atoms with Gasteiger partial charge in [0.1, 0.15) is 11.8 Å². The van der Waals surface area contributed by atoms with Gasteiger partial charge in [0.05, 0.1) is 0 Å². The number of carbonyl (C=O) groups excluding carboxylic acids is 1. The highest BCUT2D eigenvalue weighted by Crippen LogP contribution is 2.14. The molecular formula is C14H19NO4. The van der Waals surface area contributed by atoms with Crippen LogP contribution in [0.4, 0.5) is 0 Å². The number of aryl methyl sites for hydroxylation is 1. The molecule has 19 heavy (non-hydrogen) atoms. The lowest BCUT2D eigenvalue weighted by molar-refractivity contribution is -0.150. The molecule has 1 aromatic rings. The number of likely N-dealkylation sites (N-methyl/N-ethyl adjacent to an activating group) is 1. The van der Waals surface area contributed by atoms with Crippen molar-refractivity contribution in [3.8, 4) is 5.75 Å². The van der Waals surface area contributed by atoms with Crippen LogP contribution in [0.1, 0.15) is 19.4 Å². The molecule has 104 valence electrons. The van der Waals surface area contributed by atoms with Crippen molar-refractivity contribution in [3.63, 3.8) is 0 Å². The lowest BCUT2D eigenvalue weighted by Gasteiger charge is -2.25. The van der Waals surface area contributed by atoms with Gasteiger partial charge in [0.15, 0.2) is 6.10 Å². The molecule has 0 bridgehead atoms. The van der Waals surface area contributed by atoms with Crippen LogP contribution < -0.4 is 4.74 Å². The van der Waals surface area contributed by atoms with Crippen LogP contribution in [-0.4, -0.2) is 41.1 Å². The maximum atomic E-state index is 12.0. The first-order valence-corrected chi connectivity index (χ1v) is 6.05. The normalized spacial score (nSPS) is 13.5. The third kappa shape index (κ3) is 3.98. The number of rotatable bonds is 5. The van der Waals surface area contributed by atoms with Crippen molar-refractivity contribution in [1.29, 1.82) is 0 Å². The second-order valence-corrected chi connectivity index (χ2v) is 4.54. The van der Waals surface area contributed by atoms with Gasteiger partial charge in [-0.1, -0.05) is 17.7 Å². The molecule has 0 heterocycles. The van der Waals surface area contributed by atoms with Gasteiger partial charge in [0.2, 0.25) is 0 Å². The van der Waals surface area contributed by atoms with Gasteiger partial charge in [-0.25, -0.2) is 4.79 Å². The summed E-state index contributed by atoms with van der Waals surface area (Å²) in [7, 11) is 1.45. The number of amides is 1. The third-order valence-corrected chi connectivity index (χ3v) is 2.97. The number of hydrogen-bond donors (Lipinski definition) is 1. The van der Waals surface area contributed by atoms with Crippen molar-refractivity contribution in [3.05, 3.63) is 29.8 Å². The van der Waals surface area contributed by atoms with Crippen molar-refractivity contribution in [2.45, 2.75) is 32.9 Å². The predicted octanol–water partition coefficient (Wildman–Crippen LogP) is 1.69. The van der Waals surface area contributed by atoms with E-state index in [1.807, 2.05) is 19.1 Å². The number of carboxylic acid groups (broad SMARTS) is 1. The maximum Gasteiger partial charge on any atom is 0.326 e. The summed E-state index contributed by atoms with van der Waals surface area (Å²) < 4.78 is 5.50. The van der Waals surface area contributed by atoms with Crippen LogP contribution in [-0.2, 0) is 9.59 Å². The average molecular weight is 265 g/mol. The highest BCUT2D eigenvalue weighted by Gasteiger charge is 2.26. The first kappa shape index (κ1) is 15.0. The minimum absolute atomic E-state index is 0.365. The van der Waals surface area contributed by atoms with Crippen LogP contribution in [0.2, 0.25) is 0 Å². The number of ether oxygens (including phenoxy) is 1. The molecule has 0 fully saturated rings. The van der Waals surface area contributed by atoms with E-state index < -0.39 is 18.1 Å². The molecular weight excluding hydrogens is 246 g/mol. The van der Waals surface area contributed by atoms with E-state index in [9.17, 15) is 9.59 Å². The second kappa shape index (κ2) is 6.22. The van der Waals surface area contributed by atoms with Gasteiger partial charge >= 0.3 is 5.97 Å². The van der Waals surface area contributed by atoms with E-state index in [4.69, 9.17) is 9.84 Å². The number of aliphatic carboxylic acids is 1. The highest BCUT2D eigenvalue weighted by atomic mass is 16.5. The Kier molecular flexibility index (Phi) is 4.92. The monoisotopic (exact) mass is 265 g/mol. The average Bonchev–Trinajstić information content (AvgIpc) is 2.38. The molecule has 5 nitrogen and oxygen atoms in total. The van der Waals surface area contributed by atoms with Crippen LogP contribution in [0.3, 0.4) is 0 Å². The Bertz CT molecular complexity index is 455. The topological polar surface area (TPSA) is 66.8 Å². The fraction of sp³-hybridized carbons (Fsp3) is 0.429. The smallest absolute Gasteiger partial charge is 0.326 e. The molecule has 0 radical (unpaired) electrons. The quantitative estimate of drug-likeness (QED) is 0.879. The number of nitrogens with zero attached hydrogens (tertiary/aromatic N) is 1. The van der Waals surface area contributed by atoms with Gasteiger partial charge in [-0.2, -0.15) is 0 Å². The van der Waals surface area contributed by atoms with Crippen LogP contribution in [0.25, 0.3) is 0 Å². The summed E-state index contributed by atoms with van der Waals surface area (Å²) in [5, 5.41) is 8.87. The van der Waals surface area contributed by atoms with Crippen molar-refractivity contribution in [1.82, 2.24) is 4.90 Å². The Hall–Kier alpha value is -2.04. The van der Waals surface area contributed by atoms with Gasteiger partial charge in [-0.15, -0.1) is 0 Å². The summed E-state index contributed by atoms with van der Waals surface area (Å²) in [6.07, 6.45) is -0.727. The molecule has 1 aromatic carbocycles. The summed E-state index contributed by atoms with van der Waals surface area (Å²) >= 11 is 0. The highest BCUT2D eigenvalue weighted by molar-refractivity contribution is 5.85. The fourth-order valence-electron chi connectivity index (χ4n) is 1.51. The Morgan fingerprint density at radius 3 is 2.21 bits per heavy atom. The largest absolute Gasteiger partial charge is 0.481 e. The van der Waals surface area contributed by atoms with Crippen molar-refractivity contribution in [2.75, 3.05) is 7.05 Å². The molecule has 2 unspecified atom stereocenters. The van der Waals surface area contributed by atoms with Gasteiger partial charge in [-0.3, -0.25) is 4.79 Å². The van der Waals surface area contributed by atoms with E-state index in [-0.39, 0.29) is 5.91 Å². The van der Waals surface area contributed by atoms with Gasteiger partial charge < -0.3 is 14.7 Å². The Morgan fingerprint density at radius 1 is 1.21 bits per heavy atom. The molecule has 0 aromatic heterocycles. The number of carboxylic acids is 1. The van der Waals surface area contributed by atoms with Crippen LogP contribution >= 0.6 is 0 Å². The zero-order valence-electron chi connectivity index (χ0n) is 11.6. The Morgan fingerprint density at radius 2 is 1.74 bits per heavy atom. The maximum absolute atomic E-state index is 12.0. The molecule has 0 aliphatic rings. The molecule has 0 aliphatic carbocycles. The molecule has 0 saturated carbocycles.